The Morgan fingerprint density at radius 3 is 1.92 bits per heavy atom. The molecule has 3 aliphatic heterocycles. The molecule has 1 aromatic carbocycles. The summed E-state index contributed by atoms with van der Waals surface area (Å²) in [6, 6.07) is 5.78. The highest BCUT2D eigenvalue weighted by molar-refractivity contribution is 5.96. The Labute approximate surface area is 494 Å². The standard InChI is InChI=1S/C63H95N3O18/c1-6-7-28-66-61(79)56-53(75)38-63(80)37-50(73)33-48(71)31-46(69)29-45(68)30-47(70)32-49(72)35-55(76)83-60(40(3)22-27-44(67)34-52(74)42-23-25-43(65-5)26-24-42)39(2)20-18-16-14-12-10-8-9-11-13-15-17-19-21-51(36-54(56)84-63)82-62-59(78)57(64)58(77)41(4)81-62/h8-21,23-26,39-41,44-46,48-51,53-54,56-60,62,65,67-69,71-73,75,77-78,80H,6-7,22,27-38,64H2,1-5H3,(H,66,79)/b9-8-,12-10-,13-11+,16-14+,17-15+,20-18+,21-19+/t39?,40?,41-,44?,45?,46?,48?,49?,50?,51?,53?,54?,56?,57+,58-,59+,60?,62+,63?/m1/s1. The molecule has 0 saturated carbocycles. The number of esters is 1. The van der Waals surface area contributed by atoms with Crippen molar-refractivity contribution in [1.82, 2.24) is 5.32 Å². The molecule has 0 aromatic heterocycles. The van der Waals surface area contributed by atoms with Crippen LogP contribution in [0, 0.1) is 17.8 Å². The fourth-order valence-electron chi connectivity index (χ4n) is 10.6. The fraction of sp³-hybridized carbons (Fsp3) is 0.619. The number of fused-ring (bicyclic) bond motifs is 2. The van der Waals surface area contributed by atoms with Crippen LogP contribution in [-0.2, 0) is 33.3 Å². The molecule has 1 aromatic rings. The van der Waals surface area contributed by atoms with Gasteiger partial charge in [0.1, 0.15) is 18.0 Å². The zero-order valence-corrected chi connectivity index (χ0v) is 49.2. The Bertz CT molecular complexity index is 2380. The second kappa shape index (κ2) is 36.8. The predicted molar refractivity (Wildman–Crippen MR) is 315 cm³/mol. The van der Waals surface area contributed by atoms with Gasteiger partial charge in [0.25, 0.3) is 0 Å². The summed E-state index contributed by atoms with van der Waals surface area (Å²) in [7, 11) is 1.77. The van der Waals surface area contributed by atoms with E-state index >= 15 is 0 Å². The number of carbonyl (C=O) groups excluding carboxylic acids is 4. The number of unbranched alkanes of at least 4 members (excludes halogenated alkanes) is 1. The minimum Gasteiger partial charge on any atom is -0.461 e. The number of aliphatic hydroxyl groups excluding tert-OH is 9. The van der Waals surface area contributed by atoms with E-state index in [9.17, 15) is 70.2 Å². The van der Waals surface area contributed by atoms with Gasteiger partial charge in [-0.3, -0.25) is 19.2 Å². The highest BCUT2D eigenvalue weighted by Gasteiger charge is 2.51. The van der Waals surface area contributed by atoms with Crippen LogP contribution in [0.3, 0.4) is 0 Å². The number of nitrogens with two attached hydrogens (primary N) is 1. The molecule has 19 atom stereocenters. The third-order valence-corrected chi connectivity index (χ3v) is 15.2. The molecular formula is C63H95N3O18. The number of anilines is 1. The molecular weight excluding hydrogens is 1090 g/mol. The molecule has 2 saturated heterocycles. The smallest absolute Gasteiger partial charge is 0.308 e. The van der Waals surface area contributed by atoms with Crippen LogP contribution < -0.4 is 16.4 Å². The van der Waals surface area contributed by atoms with Gasteiger partial charge in [0, 0.05) is 69.3 Å². The first kappa shape index (κ1) is 71.4. The van der Waals surface area contributed by atoms with Crippen molar-refractivity contribution in [2.45, 2.75) is 215 Å². The summed E-state index contributed by atoms with van der Waals surface area (Å²) >= 11 is 0. The van der Waals surface area contributed by atoms with Gasteiger partial charge < -0.3 is 86.4 Å². The van der Waals surface area contributed by atoms with Crippen molar-refractivity contribution in [3.05, 3.63) is 115 Å². The maximum absolute atomic E-state index is 13.7. The van der Waals surface area contributed by atoms with Crippen LogP contribution in [0.15, 0.2) is 109 Å². The van der Waals surface area contributed by atoms with Crippen molar-refractivity contribution in [1.29, 1.82) is 0 Å². The van der Waals surface area contributed by atoms with E-state index in [0.717, 1.165) is 12.1 Å². The third kappa shape index (κ3) is 25.1. The number of carbonyl (C=O) groups is 4. The van der Waals surface area contributed by atoms with E-state index in [0.29, 0.717) is 24.9 Å². The highest BCUT2D eigenvalue weighted by Crippen LogP contribution is 2.38. The lowest BCUT2D eigenvalue weighted by Gasteiger charge is -2.46. The molecule has 0 aliphatic carbocycles. The molecule has 470 valence electrons. The van der Waals surface area contributed by atoms with Gasteiger partial charge in [-0.15, -0.1) is 0 Å². The summed E-state index contributed by atoms with van der Waals surface area (Å²) < 4.78 is 24.3. The first-order chi connectivity index (χ1) is 39.9. The molecule has 2 fully saturated rings. The maximum Gasteiger partial charge on any atom is 0.308 e. The summed E-state index contributed by atoms with van der Waals surface area (Å²) in [6.07, 6.45) is 4.95. The van der Waals surface area contributed by atoms with Gasteiger partial charge in [-0.1, -0.05) is 112 Å². The predicted octanol–water partition coefficient (Wildman–Crippen LogP) is 3.58. The molecule has 84 heavy (non-hydrogen) atoms. The third-order valence-electron chi connectivity index (χ3n) is 15.2. The molecule has 14 N–H and O–H groups in total. The van der Waals surface area contributed by atoms with Gasteiger partial charge in [0.05, 0.1) is 85.5 Å². The summed E-state index contributed by atoms with van der Waals surface area (Å²) in [5, 5.41) is 116. The number of ketones is 2. The van der Waals surface area contributed by atoms with Crippen LogP contribution in [0.4, 0.5) is 5.69 Å². The largest absolute Gasteiger partial charge is 0.461 e. The monoisotopic (exact) mass is 1180 g/mol. The Balaban J connectivity index is 1.57. The van der Waals surface area contributed by atoms with Gasteiger partial charge in [0.15, 0.2) is 17.9 Å². The summed E-state index contributed by atoms with van der Waals surface area (Å²) in [6.45, 7) is 7.51. The number of amides is 1. The lowest BCUT2D eigenvalue weighted by molar-refractivity contribution is -0.307. The van der Waals surface area contributed by atoms with Gasteiger partial charge in [-0.25, -0.2) is 0 Å². The van der Waals surface area contributed by atoms with E-state index in [2.05, 4.69) is 10.6 Å². The molecule has 1 amide bonds. The fourth-order valence-corrected chi connectivity index (χ4v) is 10.6. The zero-order chi connectivity index (χ0) is 61.9. The van der Waals surface area contributed by atoms with Crippen LogP contribution in [0.5, 0.6) is 0 Å². The van der Waals surface area contributed by atoms with E-state index < -0.39 is 160 Å². The van der Waals surface area contributed by atoms with Crippen LogP contribution in [0.2, 0.25) is 0 Å². The number of cyclic esters (lactones) is 1. The average Bonchev–Trinajstić information content (AvgIpc) is 2.09. The molecule has 4 rings (SSSR count). The SMILES string of the molecule is CCCCNC(=O)C1C(O)CC2(O)CC(O)CC(O)CC(O)CC(O)CC(=O)CC(O)CC(=O)OC(C(C)CCC(O)CC(=O)c3ccc(NC)cc3)C(C)/C=C/C=C/C=C\C=C/C=C/C=C/C=C/C(O[C@@H]3O[C@H](C)[C@@H](O)[C@H](N)[C@@H]3O)CC1O2. The van der Waals surface area contributed by atoms with Crippen molar-refractivity contribution in [2.24, 2.45) is 23.5 Å². The molecule has 21 heteroatoms. The Hall–Kier alpha value is -5.08. The number of hydrogen-bond donors (Lipinski definition) is 13. The summed E-state index contributed by atoms with van der Waals surface area (Å²) in [5.41, 5.74) is 7.44. The first-order valence-corrected chi connectivity index (χ1v) is 29.5. The minimum atomic E-state index is -2.26. The van der Waals surface area contributed by atoms with Crippen molar-refractivity contribution >= 4 is 29.1 Å². The Morgan fingerprint density at radius 1 is 0.738 bits per heavy atom. The zero-order valence-electron chi connectivity index (χ0n) is 49.2. The number of rotatable bonds is 14. The lowest BCUT2D eigenvalue weighted by atomic mass is 9.82. The van der Waals surface area contributed by atoms with E-state index in [1.54, 1.807) is 117 Å². The number of aliphatic hydroxyl groups is 10. The first-order valence-electron chi connectivity index (χ1n) is 29.5. The van der Waals surface area contributed by atoms with Crippen LogP contribution in [0.25, 0.3) is 0 Å². The second-order valence-electron chi connectivity index (χ2n) is 22.7. The maximum atomic E-state index is 13.7. The molecule has 0 radical (unpaired) electrons. The van der Waals surface area contributed by atoms with Crippen LogP contribution in [-0.4, -0.2) is 186 Å². The number of Topliss-reactive ketones (excluding diaryl/α,β-unsaturated/α-hetero) is 2. The Morgan fingerprint density at radius 2 is 1.31 bits per heavy atom. The normalized spacial score (nSPS) is 36.8. The average molecular weight is 1180 g/mol. The van der Waals surface area contributed by atoms with E-state index in [4.69, 9.17) is 24.7 Å². The van der Waals surface area contributed by atoms with Gasteiger partial charge >= 0.3 is 5.97 Å². The minimum absolute atomic E-state index is 0.101. The molecule has 2 bridgehead atoms. The van der Waals surface area contributed by atoms with Crippen molar-refractivity contribution in [2.75, 3.05) is 18.9 Å². The molecule has 3 heterocycles. The topological polar surface area (TPSA) is 358 Å². The van der Waals surface area contributed by atoms with E-state index in [1.807, 2.05) is 26.8 Å². The van der Waals surface area contributed by atoms with Crippen molar-refractivity contribution < 1.29 is 89.2 Å². The lowest BCUT2D eigenvalue weighted by Crippen LogP contribution is -2.62. The molecule has 3 aliphatic rings. The van der Waals surface area contributed by atoms with Gasteiger partial charge in [-0.2, -0.15) is 0 Å². The quantitative estimate of drug-likeness (QED) is 0.0719. The van der Waals surface area contributed by atoms with Gasteiger partial charge in [-0.05, 0) is 75.6 Å². The number of hydrogen-bond acceptors (Lipinski definition) is 20. The summed E-state index contributed by atoms with van der Waals surface area (Å²) in [4.78, 5) is 53.1. The summed E-state index contributed by atoms with van der Waals surface area (Å²) in [5.74, 6) is -6.38. The van der Waals surface area contributed by atoms with Crippen molar-refractivity contribution in [3.63, 3.8) is 0 Å². The Kier molecular flexibility index (Phi) is 31.3. The number of nitrogens with one attached hydrogen (secondary N) is 2. The molecule has 0 spiro atoms. The van der Waals surface area contributed by atoms with Crippen LogP contribution in [0.1, 0.15) is 128 Å². The van der Waals surface area contributed by atoms with Crippen LogP contribution >= 0.6 is 0 Å². The van der Waals surface area contributed by atoms with E-state index in [1.165, 1.54) is 0 Å². The number of ether oxygens (including phenoxy) is 4. The van der Waals surface area contributed by atoms with E-state index in [-0.39, 0.29) is 49.7 Å². The number of allylic oxidation sites excluding steroid dienone is 12. The molecule has 21 nitrogen and oxygen atoms in total. The second-order valence-corrected chi connectivity index (χ2v) is 22.7. The van der Waals surface area contributed by atoms with Crippen molar-refractivity contribution in [3.8, 4) is 0 Å². The molecule has 14 unspecified atom stereocenters. The van der Waals surface area contributed by atoms with Gasteiger partial charge in [0.2, 0.25) is 5.91 Å². The highest BCUT2D eigenvalue weighted by atomic mass is 16.7. The number of benzene rings is 1.